The van der Waals surface area contributed by atoms with Crippen molar-refractivity contribution in [3.8, 4) is 5.75 Å². The third-order valence-electron chi connectivity index (χ3n) is 4.12. The molecule has 1 aromatic carbocycles. The Morgan fingerprint density at radius 1 is 1.24 bits per heavy atom. The fourth-order valence-corrected chi connectivity index (χ4v) is 2.76. The normalized spacial score (nSPS) is 12.2. The average molecular weight is 347 g/mol. The Labute approximate surface area is 147 Å². The largest absolute Gasteiger partial charge is 0.490 e. The molecule has 2 aromatic rings. The van der Waals surface area contributed by atoms with Crippen LogP contribution in [0.2, 0.25) is 0 Å². The van der Waals surface area contributed by atoms with E-state index in [2.05, 4.69) is 11.9 Å². The molecule has 1 unspecified atom stereocenters. The number of aromatic nitrogens is 1. The molecule has 3 nitrogen and oxygen atoms in total. The second-order valence-electron chi connectivity index (χ2n) is 6.09. The molecule has 0 aliphatic carbocycles. The molecule has 0 saturated heterocycles. The molecule has 0 aliphatic heterocycles. The highest BCUT2D eigenvalue weighted by molar-refractivity contribution is 5.98. The maximum absolute atomic E-state index is 13.1. The van der Waals surface area contributed by atoms with Crippen molar-refractivity contribution in [2.45, 2.75) is 52.6 Å². The summed E-state index contributed by atoms with van der Waals surface area (Å²) in [5.74, 6) is 0.358. The molecule has 0 aliphatic rings. The van der Waals surface area contributed by atoms with Crippen molar-refractivity contribution in [3.63, 3.8) is 0 Å². The molecule has 2 rings (SSSR count). The number of hydrogen-bond donors (Lipinski definition) is 0. The molecule has 1 aromatic heterocycles. The number of rotatable bonds is 8. The number of carbonyl (C=O) groups is 1. The van der Waals surface area contributed by atoms with Gasteiger partial charge in [-0.3, -0.25) is 9.78 Å². The molecule has 1 atom stereocenters. The summed E-state index contributed by atoms with van der Waals surface area (Å²) in [5.41, 5.74) is 1.15. The van der Waals surface area contributed by atoms with Gasteiger partial charge in [0.05, 0.1) is 6.10 Å². The zero-order valence-corrected chi connectivity index (χ0v) is 14.8. The number of ketones is 1. The van der Waals surface area contributed by atoms with Crippen molar-refractivity contribution >= 4 is 5.78 Å². The lowest BCUT2D eigenvalue weighted by Gasteiger charge is -2.17. The van der Waals surface area contributed by atoms with Crippen LogP contribution < -0.4 is 4.74 Å². The Hall–Kier alpha value is -2.30. The van der Waals surface area contributed by atoms with Gasteiger partial charge in [-0.2, -0.15) is 0 Å². The van der Waals surface area contributed by atoms with E-state index < -0.39 is 12.1 Å². The van der Waals surface area contributed by atoms with Gasteiger partial charge in [0.2, 0.25) is 0 Å². The van der Waals surface area contributed by atoms with Crippen LogP contribution in [0.1, 0.15) is 60.3 Å². The molecule has 0 spiro atoms. The lowest BCUT2D eigenvalue weighted by Crippen LogP contribution is -2.13. The first-order valence-electron chi connectivity index (χ1n) is 8.45. The van der Waals surface area contributed by atoms with Crippen LogP contribution in [0.25, 0.3) is 0 Å². The lowest BCUT2D eigenvalue weighted by atomic mass is 9.98. The van der Waals surface area contributed by atoms with Crippen LogP contribution >= 0.6 is 0 Å². The summed E-state index contributed by atoms with van der Waals surface area (Å²) in [6.07, 6.45) is 0.583. The summed E-state index contributed by atoms with van der Waals surface area (Å²) in [6.45, 7) is 5.98. The second-order valence-corrected chi connectivity index (χ2v) is 6.09. The van der Waals surface area contributed by atoms with Gasteiger partial charge in [-0.05, 0) is 49.6 Å². The number of pyridine rings is 1. The van der Waals surface area contributed by atoms with Crippen molar-refractivity contribution in [1.29, 1.82) is 0 Å². The Balaban J connectivity index is 2.22. The van der Waals surface area contributed by atoms with Gasteiger partial charge >= 0.3 is 0 Å². The van der Waals surface area contributed by atoms with Crippen LogP contribution in [0.5, 0.6) is 5.75 Å². The van der Waals surface area contributed by atoms with E-state index in [0.717, 1.165) is 29.7 Å². The van der Waals surface area contributed by atoms with E-state index in [0.29, 0.717) is 0 Å². The molecule has 5 heteroatoms. The molecule has 1 heterocycles. The van der Waals surface area contributed by atoms with Crippen LogP contribution in [-0.2, 0) is 6.42 Å². The van der Waals surface area contributed by atoms with Crippen molar-refractivity contribution in [3.05, 3.63) is 58.9 Å². The van der Waals surface area contributed by atoms with Crippen LogP contribution in [0, 0.1) is 6.92 Å². The Morgan fingerprint density at radius 3 is 2.68 bits per heavy atom. The molecule has 0 N–H and O–H groups in total. The van der Waals surface area contributed by atoms with Gasteiger partial charge in [0.25, 0.3) is 6.43 Å². The maximum atomic E-state index is 13.1. The van der Waals surface area contributed by atoms with Crippen LogP contribution in [0.15, 0.2) is 36.5 Å². The molecule has 0 fully saturated rings. The van der Waals surface area contributed by atoms with E-state index in [1.165, 1.54) is 18.3 Å². The van der Waals surface area contributed by atoms with Gasteiger partial charge in [0.15, 0.2) is 5.78 Å². The predicted octanol–water partition coefficient (Wildman–Crippen LogP) is 5.32. The summed E-state index contributed by atoms with van der Waals surface area (Å²) < 4.78 is 32.0. The highest BCUT2D eigenvalue weighted by Gasteiger charge is 2.20. The smallest absolute Gasteiger partial charge is 0.281 e. The van der Waals surface area contributed by atoms with Crippen molar-refractivity contribution in [2.24, 2.45) is 0 Å². The van der Waals surface area contributed by atoms with Gasteiger partial charge in [-0.25, -0.2) is 8.78 Å². The average Bonchev–Trinajstić information content (AvgIpc) is 2.58. The molecule has 0 bridgehead atoms. The zero-order chi connectivity index (χ0) is 18.4. The Kier molecular flexibility index (Phi) is 6.62. The molecule has 134 valence electrons. The van der Waals surface area contributed by atoms with Gasteiger partial charge in [0.1, 0.15) is 11.4 Å². The van der Waals surface area contributed by atoms with Crippen LogP contribution in [0.4, 0.5) is 8.78 Å². The third kappa shape index (κ3) is 4.84. The van der Waals surface area contributed by atoms with Crippen LogP contribution in [0.3, 0.4) is 0 Å². The monoisotopic (exact) mass is 347 g/mol. The minimum Gasteiger partial charge on any atom is -0.490 e. The summed E-state index contributed by atoms with van der Waals surface area (Å²) in [6, 6.07) is 8.40. The minimum absolute atomic E-state index is 0.0254. The third-order valence-corrected chi connectivity index (χ3v) is 4.12. The van der Waals surface area contributed by atoms with Gasteiger partial charge in [-0.15, -0.1) is 0 Å². The Bertz CT molecular complexity index is 731. The van der Waals surface area contributed by atoms with Gasteiger partial charge in [-0.1, -0.05) is 25.5 Å². The lowest BCUT2D eigenvalue weighted by molar-refractivity contribution is 0.0975. The number of Topliss-reactive ketones (excluding diaryl/α,β-unsaturated/α-hetero) is 1. The van der Waals surface area contributed by atoms with Crippen molar-refractivity contribution in [1.82, 2.24) is 4.98 Å². The molecular formula is C20H23F2NO2. The Morgan fingerprint density at radius 2 is 2.00 bits per heavy atom. The van der Waals surface area contributed by atoms with E-state index >= 15 is 0 Å². The fraction of sp³-hybridized carbons (Fsp3) is 0.400. The van der Waals surface area contributed by atoms with Gasteiger partial charge < -0.3 is 4.74 Å². The molecule has 0 amide bonds. The van der Waals surface area contributed by atoms with E-state index in [-0.39, 0.29) is 23.9 Å². The second kappa shape index (κ2) is 8.70. The number of benzene rings is 1. The zero-order valence-electron chi connectivity index (χ0n) is 14.8. The van der Waals surface area contributed by atoms with Gasteiger partial charge in [0, 0.05) is 18.2 Å². The first kappa shape index (κ1) is 19.0. The number of hydrogen-bond acceptors (Lipinski definition) is 3. The summed E-state index contributed by atoms with van der Waals surface area (Å²) in [7, 11) is 0. The first-order chi connectivity index (χ1) is 11.9. The first-order valence-corrected chi connectivity index (χ1v) is 8.45. The number of nitrogens with zero attached hydrogens (tertiary/aromatic N) is 1. The van der Waals surface area contributed by atoms with Crippen molar-refractivity contribution in [2.75, 3.05) is 0 Å². The number of carbonyl (C=O) groups excluding carboxylic acids is 1. The molecular weight excluding hydrogens is 324 g/mol. The quantitative estimate of drug-likeness (QED) is 0.607. The summed E-state index contributed by atoms with van der Waals surface area (Å²) >= 11 is 0. The number of halogens is 2. The highest BCUT2D eigenvalue weighted by atomic mass is 19.3. The SMILES string of the molecule is CCCC(C)Oc1cccc(CC(=O)c2cccnc2C(F)F)c1C. The summed E-state index contributed by atoms with van der Waals surface area (Å²) in [4.78, 5) is 16.2. The highest BCUT2D eigenvalue weighted by Crippen LogP contribution is 2.26. The van der Waals surface area contributed by atoms with E-state index in [4.69, 9.17) is 4.74 Å². The number of ether oxygens (including phenoxy) is 1. The molecule has 0 saturated carbocycles. The predicted molar refractivity (Wildman–Crippen MR) is 93.4 cm³/mol. The standard InChI is InChI=1S/C20H23F2NO2/c1-4-7-13(2)25-18-10-5-8-15(14(18)3)12-17(24)16-9-6-11-23-19(16)20(21)22/h5-6,8-11,13,20H,4,7,12H2,1-3H3. The maximum Gasteiger partial charge on any atom is 0.281 e. The van der Waals surface area contributed by atoms with E-state index in [1.54, 1.807) is 0 Å². The van der Waals surface area contributed by atoms with Crippen molar-refractivity contribution < 1.29 is 18.3 Å². The number of alkyl halides is 2. The topological polar surface area (TPSA) is 39.2 Å². The van der Waals surface area contributed by atoms with Crippen LogP contribution in [-0.4, -0.2) is 16.9 Å². The van der Waals surface area contributed by atoms with E-state index in [1.807, 2.05) is 32.0 Å². The molecule has 0 radical (unpaired) electrons. The van der Waals surface area contributed by atoms with E-state index in [9.17, 15) is 13.6 Å². The fourth-order valence-electron chi connectivity index (χ4n) is 2.76. The molecule has 25 heavy (non-hydrogen) atoms. The minimum atomic E-state index is -2.77. The summed E-state index contributed by atoms with van der Waals surface area (Å²) in [5, 5.41) is 0.